The highest BCUT2D eigenvalue weighted by Gasteiger charge is 2.23. The lowest BCUT2D eigenvalue weighted by molar-refractivity contribution is -0.138. The number of piperazine rings is 1. The first-order valence-corrected chi connectivity index (χ1v) is 6.81. The van der Waals surface area contributed by atoms with E-state index in [1.807, 2.05) is 37.8 Å². The van der Waals surface area contributed by atoms with Crippen molar-refractivity contribution in [1.82, 2.24) is 10.2 Å². The Labute approximate surface area is 126 Å². The molecule has 0 radical (unpaired) electrons. The van der Waals surface area contributed by atoms with Gasteiger partial charge in [0.05, 0.1) is 0 Å². The zero-order valence-electron chi connectivity index (χ0n) is 12.3. The van der Waals surface area contributed by atoms with Crippen molar-refractivity contribution in [3.05, 3.63) is 29.3 Å². The number of nitrogens with zero attached hydrogens (tertiary/aromatic N) is 1. The smallest absolute Gasteiger partial charge is 0.263 e. The molecule has 1 fully saturated rings. The Morgan fingerprint density at radius 3 is 2.55 bits per heavy atom. The van der Waals surface area contributed by atoms with Gasteiger partial charge in [-0.05, 0) is 32.4 Å². The minimum absolute atomic E-state index is 0. The largest absolute Gasteiger partial charge is 0.481 e. The van der Waals surface area contributed by atoms with E-state index in [0.717, 1.165) is 37.5 Å². The second-order valence-electron chi connectivity index (χ2n) is 5.10. The maximum absolute atomic E-state index is 12.3. The molecule has 1 amide bonds. The van der Waals surface area contributed by atoms with E-state index in [9.17, 15) is 4.79 Å². The van der Waals surface area contributed by atoms with E-state index in [-0.39, 0.29) is 18.3 Å². The molecule has 5 heteroatoms. The topological polar surface area (TPSA) is 41.6 Å². The van der Waals surface area contributed by atoms with Crippen LogP contribution in [0.4, 0.5) is 0 Å². The number of benzene rings is 1. The summed E-state index contributed by atoms with van der Waals surface area (Å²) < 4.78 is 5.80. The van der Waals surface area contributed by atoms with Gasteiger partial charge in [-0.2, -0.15) is 0 Å². The molecule has 1 aliphatic heterocycles. The van der Waals surface area contributed by atoms with Gasteiger partial charge in [0.1, 0.15) is 5.75 Å². The van der Waals surface area contributed by atoms with Crippen LogP contribution in [0.25, 0.3) is 0 Å². The second kappa shape index (κ2) is 7.50. The van der Waals surface area contributed by atoms with Crippen LogP contribution in [0.1, 0.15) is 18.1 Å². The molecule has 1 aromatic rings. The number of carbonyl (C=O) groups excluding carboxylic acids is 1. The van der Waals surface area contributed by atoms with Crippen LogP contribution in [0.15, 0.2) is 18.2 Å². The first kappa shape index (κ1) is 16.8. The number of rotatable bonds is 3. The van der Waals surface area contributed by atoms with Crippen molar-refractivity contribution in [3.8, 4) is 5.75 Å². The number of hydrogen-bond acceptors (Lipinski definition) is 3. The maximum Gasteiger partial charge on any atom is 0.263 e. The van der Waals surface area contributed by atoms with Gasteiger partial charge in [-0.3, -0.25) is 4.79 Å². The van der Waals surface area contributed by atoms with Gasteiger partial charge in [0.25, 0.3) is 5.91 Å². The highest BCUT2D eigenvalue weighted by Crippen LogP contribution is 2.20. The van der Waals surface area contributed by atoms with E-state index in [2.05, 4.69) is 11.4 Å². The van der Waals surface area contributed by atoms with Crippen LogP contribution in [0.5, 0.6) is 5.75 Å². The van der Waals surface area contributed by atoms with Crippen LogP contribution >= 0.6 is 12.4 Å². The summed E-state index contributed by atoms with van der Waals surface area (Å²) in [4.78, 5) is 14.1. The Bertz CT molecular complexity index is 459. The van der Waals surface area contributed by atoms with Crippen molar-refractivity contribution in [1.29, 1.82) is 0 Å². The number of nitrogens with one attached hydrogen (secondary N) is 1. The molecule has 112 valence electrons. The average Bonchev–Trinajstić information content (AvgIpc) is 2.42. The van der Waals surface area contributed by atoms with E-state index in [4.69, 9.17) is 4.74 Å². The van der Waals surface area contributed by atoms with Gasteiger partial charge >= 0.3 is 0 Å². The molecule has 1 atom stereocenters. The third-order valence-corrected chi connectivity index (χ3v) is 3.41. The minimum Gasteiger partial charge on any atom is -0.481 e. The van der Waals surface area contributed by atoms with Crippen molar-refractivity contribution in [2.75, 3.05) is 26.2 Å². The normalized spacial score (nSPS) is 16.2. The Kier molecular flexibility index (Phi) is 6.30. The molecule has 0 aliphatic carbocycles. The quantitative estimate of drug-likeness (QED) is 0.927. The molecular formula is C15H23ClN2O2. The molecule has 20 heavy (non-hydrogen) atoms. The van der Waals surface area contributed by atoms with Crippen molar-refractivity contribution in [2.45, 2.75) is 26.9 Å². The minimum atomic E-state index is -0.431. The van der Waals surface area contributed by atoms with E-state index in [1.165, 1.54) is 5.56 Å². The Morgan fingerprint density at radius 2 is 1.95 bits per heavy atom. The highest BCUT2D eigenvalue weighted by atomic mass is 35.5. The van der Waals surface area contributed by atoms with E-state index < -0.39 is 6.10 Å². The van der Waals surface area contributed by atoms with Crippen molar-refractivity contribution >= 4 is 18.3 Å². The summed E-state index contributed by atoms with van der Waals surface area (Å²) in [6.07, 6.45) is -0.431. The van der Waals surface area contributed by atoms with Gasteiger partial charge in [0.2, 0.25) is 0 Å². The zero-order chi connectivity index (χ0) is 13.8. The predicted octanol–water partition coefficient (Wildman–Crippen LogP) is 1.92. The molecule has 1 heterocycles. The van der Waals surface area contributed by atoms with Crippen LogP contribution in [-0.4, -0.2) is 43.1 Å². The molecule has 0 spiro atoms. The van der Waals surface area contributed by atoms with Crippen molar-refractivity contribution < 1.29 is 9.53 Å². The fourth-order valence-corrected chi connectivity index (χ4v) is 2.31. The van der Waals surface area contributed by atoms with Crippen molar-refractivity contribution in [2.24, 2.45) is 0 Å². The summed E-state index contributed by atoms with van der Waals surface area (Å²) in [5.41, 5.74) is 2.27. The molecule has 0 saturated carbocycles. The molecule has 1 aromatic carbocycles. The van der Waals surface area contributed by atoms with Crippen LogP contribution in [-0.2, 0) is 4.79 Å². The molecule has 0 aromatic heterocycles. The van der Waals surface area contributed by atoms with Crippen LogP contribution < -0.4 is 10.1 Å². The highest BCUT2D eigenvalue weighted by molar-refractivity contribution is 5.85. The van der Waals surface area contributed by atoms with Crippen LogP contribution in [0.2, 0.25) is 0 Å². The van der Waals surface area contributed by atoms with Gasteiger partial charge in [0.15, 0.2) is 6.10 Å². The Hall–Kier alpha value is -1.26. The van der Waals surface area contributed by atoms with Gasteiger partial charge in [-0.1, -0.05) is 17.7 Å². The van der Waals surface area contributed by atoms with Crippen LogP contribution in [0, 0.1) is 13.8 Å². The number of halogens is 1. The van der Waals surface area contributed by atoms with Crippen molar-refractivity contribution in [3.63, 3.8) is 0 Å². The van der Waals surface area contributed by atoms with E-state index in [0.29, 0.717) is 0 Å². The number of carbonyl (C=O) groups is 1. The molecule has 1 saturated heterocycles. The van der Waals surface area contributed by atoms with Crippen LogP contribution in [0.3, 0.4) is 0 Å². The summed E-state index contributed by atoms with van der Waals surface area (Å²) in [7, 11) is 0. The lowest BCUT2D eigenvalue weighted by Crippen LogP contribution is -2.50. The van der Waals surface area contributed by atoms with Gasteiger partial charge < -0.3 is 15.0 Å². The summed E-state index contributed by atoms with van der Waals surface area (Å²) in [5, 5.41) is 3.24. The molecule has 0 bridgehead atoms. The summed E-state index contributed by atoms with van der Waals surface area (Å²) >= 11 is 0. The van der Waals surface area contributed by atoms with Gasteiger partial charge in [-0.15, -0.1) is 12.4 Å². The third-order valence-electron chi connectivity index (χ3n) is 3.41. The average molecular weight is 299 g/mol. The molecule has 4 nitrogen and oxygen atoms in total. The Morgan fingerprint density at radius 1 is 1.30 bits per heavy atom. The second-order valence-corrected chi connectivity index (χ2v) is 5.10. The fraction of sp³-hybridized carbons (Fsp3) is 0.533. The van der Waals surface area contributed by atoms with Gasteiger partial charge in [-0.25, -0.2) is 0 Å². The molecule has 1 aliphatic rings. The number of ether oxygens (including phenoxy) is 1. The standard InChI is InChI=1S/C15H22N2O2.ClH/c1-11-4-5-14(12(2)10-11)19-13(3)15(18)17-8-6-16-7-9-17;/h4-5,10,13,16H,6-9H2,1-3H3;1H. The summed E-state index contributed by atoms with van der Waals surface area (Å²) in [5.74, 6) is 0.864. The van der Waals surface area contributed by atoms with Gasteiger partial charge in [0, 0.05) is 26.2 Å². The Balaban J connectivity index is 0.00000200. The molecule has 1 unspecified atom stereocenters. The maximum atomic E-state index is 12.3. The van der Waals surface area contributed by atoms with E-state index in [1.54, 1.807) is 0 Å². The predicted molar refractivity (Wildman–Crippen MR) is 82.7 cm³/mol. The number of aryl methyl sites for hydroxylation is 2. The molecular weight excluding hydrogens is 276 g/mol. The molecule has 2 rings (SSSR count). The fourth-order valence-electron chi connectivity index (χ4n) is 2.31. The lowest BCUT2D eigenvalue weighted by atomic mass is 10.1. The summed E-state index contributed by atoms with van der Waals surface area (Å²) in [6, 6.07) is 6.01. The summed E-state index contributed by atoms with van der Waals surface area (Å²) in [6.45, 7) is 9.13. The number of amides is 1. The number of hydrogen-bond donors (Lipinski definition) is 1. The first-order chi connectivity index (χ1) is 9.08. The zero-order valence-corrected chi connectivity index (χ0v) is 13.1. The monoisotopic (exact) mass is 298 g/mol. The first-order valence-electron chi connectivity index (χ1n) is 6.81. The molecule has 1 N–H and O–H groups in total. The van der Waals surface area contributed by atoms with E-state index >= 15 is 0 Å². The third kappa shape index (κ3) is 4.12. The SMILES string of the molecule is Cc1ccc(OC(C)C(=O)N2CCNCC2)c(C)c1.Cl. The lowest BCUT2D eigenvalue weighted by Gasteiger charge is -2.30.